The van der Waals surface area contributed by atoms with Gasteiger partial charge in [-0.1, -0.05) is 61.7 Å². The molecule has 1 N–H and O–H groups in total. The average Bonchev–Trinajstić information content (AvgIpc) is 2.71. The van der Waals surface area contributed by atoms with Gasteiger partial charge in [0, 0.05) is 5.41 Å². The van der Waals surface area contributed by atoms with Crippen LogP contribution in [0.3, 0.4) is 0 Å². The van der Waals surface area contributed by atoms with Gasteiger partial charge in [-0.15, -0.1) is 0 Å². The summed E-state index contributed by atoms with van der Waals surface area (Å²) in [6, 6.07) is 8.36. The number of benzene rings is 1. The minimum Gasteiger partial charge on any atom is -0.395 e. The lowest BCUT2D eigenvalue weighted by Gasteiger charge is -2.16. The first-order valence-electron chi connectivity index (χ1n) is 4.58. The largest absolute Gasteiger partial charge is 0.395 e. The highest BCUT2D eigenvalue weighted by molar-refractivity contribution is 9.25. The van der Waals surface area contributed by atoms with Gasteiger partial charge >= 0.3 is 0 Å². The fourth-order valence-corrected chi connectivity index (χ4v) is 3.45. The van der Waals surface area contributed by atoms with Gasteiger partial charge in [-0.05, 0) is 18.9 Å². The third-order valence-corrected chi connectivity index (χ3v) is 5.05. The SMILES string of the molecule is Cc1ccc(C2(CO)CC2(Br)Br)cc1. The molecule has 1 aliphatic rings. The van der Waals surface area contributed by atoms with Crippen molar-refractivity contribution in [3.8, 4) is 0 Å². The second-order valence-corrected chi connectivity index (χ2v) is 7.76. The number of rotatable bonds is 2. The topological polar surface area (TPSA) is 20.2 Å². The number of alkyl halides is 2. The van der Waals surface area contributed by atoms with Crippen molar-refractivity contribution in [3.63, 3.8) is 0 Å². The van der Waals surface area contributed by atoms with Crippen LogP contribution in [0.25, 0.3) is 0 Å². The molecule has 0 bridgehead atoms. The number of hydrogen-bond donors (Lipinski definition) is 1. The Morgan fingerprint density at radius 3 is 2.14 bits per heavy atom. The van der Waals surface area contributed by atoms with E-state index in [1.165, 1.54) is 11.1 Å². The third kappa shape index (κ3) is 1.46. The van der Waals surface area contributed by atoms with Crippen LogP contribution in [-0.2, 0) is 5.41 Å². The Balaban J connectivity index is 2.36. The number of aliphatic hydroxyl groups excluding tert-OH is 1. The van der Waals surface area contributed by atoms with Crippen molar-refractivity contribution in [3.05, 3.63) is 35.4 Å². The Kier molecular flexibility index (Phi) is 2.53. The fraction of sp³-hybridized carbons (Fsp3) is 0.455. The van der Waals surface area contributed by atoms with Crippen LogP contribution in [0.15, 0.2) is 24.3 Å². The molecule has 1 aromatic rings. The lowest BCUT2D eigenvalue weighted by atomic mass is 9.96. The molecule has 3 heteroatoms. The highest BCUT2D eigenvalue weighted by Gasteiger charge is 2.65. The van der Waals surface area contributed by atoms with Crippen LogP contribution >= 0.6 is 31.9 Å². The molecule has 0 spiro atoms. The summed E-state index contributed by atoms with van der Waals surface area (Å²) >= 11 is 7.16. The van der Waals surface area contributed by atoms with Crippen molar-refractivity contribution in [1.82, 2.24) is 0 Å². The summed E-state index contributed by atoms with van der Waals surface area (Å²) in [6.45, 7) is 2.24. The number of hydrogen-bond acceptors (Lipinski definition) is 1. The molecule has 0 aromatic heterocycles. The molecule has 0 amide bonds. The summed E-state index contributed by atoms with van der Waals surface area (Å²) in [5.41, 5.74) is 2.30. The van der Waals surface area contributed by atoms with E-state index in [-0.39, 0.29) is 15.3 Å². The van der Waals surface area contributed by atoms with Crippen molar-refractivity contribution in [2.24, 2.45) is 0 Å². The van der Waals surface area contributed by atoms with Crippen LogP contribution in [0.4, 0.5) is 0 Å². The molecule has 0 saturated heterocycles. The van der Waals surface area contributed by atoms with E-state index in [1.54, 1.807) is 0 Å². The average molecular weight is 320 g/mol. The van der Waals surface area contributed by atoms with Gasteiger partial charge in [-0.2, -0.15) is 0 Å². The molecule has 2 rings (SSSR count). The predicted octanol–water partition coefficient (Wildman–Crippen LogP) is 3.11. The van der Waals surface area contributed by atoms with Crippen molar-refractivity contribution >= 4 is 31.9 Å². The van der Waals surface area contributed by atoms with Gasteiger partial charge in [0.05, 0.1) is 9.84 Å². The molecule has 1 unspecified atom stereocenters. The van der Waals surface area contributed by atoms with Crippen molar-refractivity contribution in [2.75, 3.05) is 6.61 Å². The van der Waals surface area contributed by atoms with Gasteiger partial charge in [0.1, 0.15) is 0 Å². The van der Waals surface area contributed by atoms with Gasteiger partial charge < -0.3 is 5.11 Å². The highest BCUT2D eigenvalue weighted by atomic mass is 79.9. The highest BCUT2D eigenvalue weighted by Crippen LogP contribution is 2.66. The summed E-state index contributed by atoms with van der Waals surface area (Å²) in [7, 11) is 0. The Bertz CT molecular complexity index is 345. The van der Waals surface area contributed by atoms with Gasteiger partial charge in [-0.3, -0.25) is 0 Å². The van der Waals surface area contributed by atoms with Crippen LogP contribution < -0.4 is 0 Å². The molecule has 1 aromatic carbocycles. The van der Waals surface area contributed by atoms with E-state index in [4.69, 9.17) is 0 Å². The van der Waals surface area contributed by atoms with Gasteiger partial charge in [0.2, 0.25) is 0 Å². The smallest absolute Gasteiger partial charge is 0.0934 e. The standard InChI is InChI=1S/C11H12Br2O/c1-8-2-4-9(5-3-8)10(7-14)6-11(10,12)13/h2-5,14H,6-7H2,1H3. The second kappa shape index (κ2) is 3.32. The zero-order valence-corrected chi connectivity index (χ0v) is 11.1. The summed E-state index contributed by atoms with van der Waals surface area (Å²) in [5, 5.41) is 9.45. The lowest BCUT2D eigenvalue weighted by molar-refractivity contribution is 0.255. The summed E-state index contributed by atoms with van der Waals surface area (Å²) < 4.78 is -0.114. The van der Waals surface area contributed by atoms with Crippen molar-refractivity contribution < 1.29 is 5.11 Å². The minimum atomic E-state index is -0.138. The monoisotopic (exact) mass is 318 g/mol. The molecular weight excluding hydrogens is 308 g/mol. The van der Waals surface area contributed by atoms with Crippen molar-refractivity contribution in [2.45, 2.75) is 22.0 Å². The van der Waals surface area contributed by atoms with Crippen LogP contribution in [-0.4, -0.2) is 14.9 Å². The molecular formula is C11H12Br2O. The summed E-state index contributed by atoms with van der Waals surface area (Å²) in [4.78, 5) is 0. The van der Waals surface area contributed by atoms with Crippen LogP contribution in [0, 0.1) is 6.92 Å². The van der Waals surface area contributed by atoms with E-state index in [2.05, 4.69) is 63.0 Å². The van der Waals surface area contributed by atoms with E-state index in [0.29, 0.717) is 0 Å². The van der Waals surface area contributed by atoms with Crippen LogP contribution in [0.1, 0.15) is 17.5 Å². The molecule has 1 nitrogen and oxygen atoms in total. The Morgan fingerprint density at radius 2 is 1.79 bits per heavy atom. The second-order valence-electron chi connectivity index (χ2n) is 3.99. The quantitative estimate of drug-likeness (QED) is 0.830. The fourth-order valence-electron chi connectivity index (χ4n) is 1.78. The first-order chi connectivity index (χ1) is 6.52. The van der Waals surface area contributed by atoms with Gasteiger partial charge in [-0.25, -0.2) is 0 Å². The Morgan fingerprint density at radius 1 is 1.29 bits per heavy atom. The van der Waals surface area contributed by atoms with E-state index < -0.39 is 0 Å². The molecule has 0 heterocycles. The van der Waals surface area contributed by atoms with E-state index >= 15 is 0 Å². The molecule has 1 fully saturated rings. The van der Waals surface area contributed by atoms with E-state index in [1.807, 2.05) is 0 Å². The van der Waals surface area contributed by atoms with E-state index in [0.717, 1.165) is 6.42 Å². The first-order valence-corrected chi connectivity index (χ1v) is 6.16. The van der Waals surface area contributed by atoms with Crippen LogP contribution in [0.5, 0.6) is 0 Å². The lowest BCUT2D eigenvalue weighted by Crippen LogP contribution is -2.19. The molecule has 1 atom stereocenters. The van der Waals surface area contributed by atoms with Crippen LogP contribution in [0.2, 0.25) is 0 Å². The molecule has 1 aliphatic carbocycles. The van der Waals surface area contributed by atoms with Gasteiger partial charge in [0.25, 0.3) is 0 Å². The number of halogens is 2. The maximum Gasteiger partial charge on any atom is 0.0934 e. The first kappa shape index (κ1) is 10.7. The van der Waals surface area contributed by atoms with Crippen molar-refractivity contribution in [1.29, 1.82) is 0 Å². The molecule has 76 valence electrons. The molecule has 14 heavy (non-hydrogen) atoms. The maximum absolute atomic E-state index is 9.45. The normalized spacial score (nSPS) is 28.9. The third-order valence-electron chi connectivity index (χ3n) is 2.97. The van der Waals surface area contributed by atoms with E-state index in [9.17, 15) is 5.11 Å². The van der Waals surface area contributed by atoms with Gasteiger partial charge in [0.15, 0.2) is 0 Å². The maximum atomic E-state index is 9.45. The molecule has 1 saturated carbocycles. The number of aliphatic hydroxyl groups is 1. The minimum absolute atomic E-state index is 0.114. The Labute approximate surface area is 101 Å². The molecule has 0 aliphatic heterocycles. The summed E-state index contributed by atoms with van der Waals surface area (Å²) in [5.74, 6) is 0. The number of aryl methyl sites for hydroxylation is 1. The zero-order chi connectivity index (χ0) is 10.4. The summed E-state index contributed by atoms with van der Waals surface area (Å²) in [6.07, 6.45) is 0.930. The Hall–Kier alpha value is 0.140. The predicted molar refractivity (Wildman–Crippen MR) is 65.1 cm³/mol. The molecule has 0 radical (unpaired) electrons. The zero-order valence-electron chi connectivity index (χ0n) is 7.93.